The van der Waals surface area contributed by atoms with E-state index >= 15 is 0 Å². The van der Waals surface area contributed by atoms with Crippen LogP contribution in [-0.4, -0.2) is 54.0 Å². The standard InChI is InChI=1S/C24H33N3O3/c1-4-30-24(29)22-17(2)21(18(3)25-22)23(28)26-20-13-9-15-27(16-20)14-8-12-19-10-6-5-7-11-19/h5-7,10-11,20,25H,4,8-9,12-16H2,1-3H3,(H,26,28)/t20-/m1/s1. The molecule has 0 bridgehead atoms. The van der Waals surface area contributed by atoms with Gasteiger partial charge in [-0.25, -0.2) is 4.79 Å². The second-order valence-corrected chi connectivity index (χ2v) is 8.05. The molecule has 1 aromatic heterocycles. The van der Waals surface area contributed by atoms with Gasteiger partial charge in [-0.05, 0) is 70.7 Å². The molecule has 0 aliphatic carbocycles. The number of rotatable bonds is 8. The Labute approximate surface area is 179 Å². The van der Waals surface area contributed by atoms with Crippen LogP contribution < -0.4 is 5.32 Å². The minimum absolute atomic E-state index is 0.118. The molecule has 6 heteroatoms. The summed E-state index contributed by atoms with van der Waals surface area (Å²) < 4.78 is 5.08. The molecule has 1 atom stereocenters. The normalized spacial score (nSPS) is 17.0. The van der Waals surface area contributed by atoms with Gasteiger partial charge in [-0.1, -0.05) is 30.3 Å². The van der Waals surface area contributed by atoms with Gasteiger partial charge < -0.3 is 19.9 Å². The van der Waals surface area contributed by atoms with Crippen molar-refractivity contribution in [2.45, 2.75) is 52.5 Å². The van der Waals surface area contributed by atoms with E-state index in [0.29, 0.717) is 29.1 Å². The van der Waals surface area contributed by atoms with Crippen molar-refractivity contribution in [3.05, 3.63) is 58.4 Å². The van der Waals surface area contributed by atoms with Crippen molar-refractivity contribution in [1.29, 1.82) is 0 Å². The number of carbonyl (C=O) groups is 2. The van der Waals surface area contributed by atoms with E-state index in [0.717, 1.165) is 45.3 Å². The monoisotopic (exact) mass is 411 g/mol. The maximum absolute atomic E-state index is 13.0. The van der Waals surface area contributed by atoms with Crippen molar-refractivity contribution >= 4 is 11.9 Å². The third kappa shape index (κ3) is 5.51. The molecule has 1 fully saturated rings. The van der Waals surface area contributed by atoms with E-state index in [1.54, 1.807) is 13.8 Å². The van der Waals surface area contributed by atoms with E-state index in [1.807, 2.05) is 13.0 Å². The third-order valence-corrected chi connectivity index (χ3v) is 5.77. The predicted molar refractivity (Wildman–Crippen MR) is 118 cm³/mol. The minimum atomic E-state index is -0.417. The zero-order valence-corrected chi connectivity index (χ0v) is 18.3. The number of aromatic amines is 1. The molecule has 1 saturated heterocycles. The summed E-state index contributed by atoms with van der Waals surface area (Å²) in [4.78, 5) is 30.5. The number of hydrogen-bond donors (Lipinski definition) is 2. The lowest BCUT2D eigenvalue weighted by atomic mass is 10.0. The molecule has 3 rings (SSSR count). The average molecular weight is 412 g/mol. The summed E-state index contributed by atoms with van der Waals surface area (Å²) in [6.07, 6.45) is 4.25. The summed E-state index contributed by atoms with van der Waals surface area (Å²) in [5.41, 5.74) is 3.64. The lowest BCUT2D eigenvalue weighted by molar-refractivity contribution is 0.0519. The highest BCUT2D eigenvalue weighted by atomic mass is 16.5. The van der Waals surface area contributed by atoms with Crippen LogP contribution in [-0.2, 0) is 11.2 Å². The number of aromatic nitrogens is 1. The first-order valence-corrected chi connectivity index (χ1v) is 10.9. The molecule has 0 unspecified atom stereocenters. The molecule has 2 N–H and O–H groups in total. The number of nitrogens with zero attached hydrogens (tertiary/aromatic N) is 1. The van der Waals surface area contributed by atoms with Crippen LogP contribution in [0.1, 0.15) is 63.9 Å². The van der Waals surface area contributed by atoms with Crippen LogP contribution in [0.15, 0.2) is 30.3 Å². The summed E-state index contributed by atoms with van der Waals surface area (Å²) in [7, 11) is 0. The van der Waals surface area contributed by atoms with E-state index < -0.39 is 5.97 Å². The van der Waals surface area contributed by atoms with Crippen LogP contribution in [0.25, 0.3) is 0 Å². The van der Waals surface area contributed by atoms with E-state index in [4.69, 9.17) is 4.74 Å². The van der Waals surface area contributed by atoms with Crippen LogP contribution in [0.5, 0.6) is 0 Å². The largest absolute Gasteiger partial charge is 0.461 e. The molecule has 1 amide bonds. The van der Waals surface area contributed by atoms with Crippen LogP contribution in [0.4, 0.5) is 0 Å². The Morgan fingerprint density at radius 2 is 2.00 bits per heavy atom. The van der Waals surface area contributed by atoms with E-state index in [-0.39, 0.29) is 11.9 Å². The average Bonchev–Trinajstić information content (AvgIpc) is 3.03. The number of aryl methyl sites for hydroxylation is 2. The van der Waals surface area contributed by atoms with Gasteiger partial charge in [0.15, 0.2) is 0 Å². The number of amides is 1. The first kappa shape index (κ1) is 22.1. The molecule has 30 heavy (non-hydrogen) atoms. The Kier molecular flexibility index (Phi) is 7.69. The van der Waals surface area contributed by atoms with E-state index in [2.05, 4.69) is 39.5 Å². The summed E-state index contributed by atoms with van der Waals surface area (Å²) in [6, 6.07) is 10.7. The highest BCUT2D eigenvalue weighted by molar-refractivity contribution is 6.01. The molecular weight excluding hydrogens is 378 g/mol. The second-order valence-electron chi connectivity index (χ2n) is 8.05. The van der Waals surface area contributed by atoms with Gasteiger partial charge in [0.1, 0.15) is 5.69 Å². The lowest BCUT2D eigenvalue weighted by Crippen LogP contribution is -2.48. The molecular formula is C24H33N3O3. The van der Waals surface area contributed by atoms with Crippen LogP contribution in [0.3, 0.4) is 0 Å². The Hall–Kier alpha value is -2.60. The molecule has 0 spiro atoms. The van der Waals surface area contributed by atoms with Crippen molar-refractivity contribution in [3.63, 3.8) is 0 Å². The van der Waals surface area contributed by atoms with Crippen LogP contribution in [0, 0.1) is 13.8 Å². The number of likely N-dealkylation sites (tertiary alicyclic amines) is 1. The fourth-order valence-electron chi connectivity index (χ4n) is 4.28. The van der Waals surface area contributed by atoms with E-state index in [9.17, 15) is 9.59 Å². The van der Waals surface area contributed by atoms with Gasteiger partial charge in [-0.3, -0.25) is 4.79 Å². The number of piperidine rings is 1. The number of ether oxygens (including phenoxy) is 1. The highest BCUT2D eigenvalue weighted by Gasteiger charge is 2.26. The van der Waals surface area contributed by atoms with Gasteiger partial charge in [0, 0.05) is 18.3 Å². The number of benzene rings is 1. The fourth-order valence-corrected chi connectivity index (χ4v) is 4.28. The number of carbonyl (C=O) groups excluding carboxylic acids is 2. The quantitative estimate of drug-likeness (QED) is 0.651. The Bertz CT molecular complexity index is 860. The number of H-pyrrole nitrogens is 1. The van der Waals surface area contributed by atoms with Crippen LogP contribution in [0.2, 0.25) is 0 Å². The fraction of sp³-hybridized carbons (Fsp3) is 0.500. The highest BCUT2D eigenvalue weighted by Crippen LogP contribution is 2.20. The van der Waals surface area contributed by atoms with Crippen molar-refractivity contribution in [3.8, 4) is 0 Å². The first-order valence-electron chi connectivity index (χ1n) is 10.9. The van der Waals surface area contributed by atoms with Gasteiger partial charge >= 0.3 is 5.97 Å². The second kappa shape index (κ2) is 10.4. The zero-order valence-electron chi connectivity index (χ0n) is 18.3. The Morgan fingerprint density at radius 3 is 2.73 bits per heavy atom. The van der Waals surface area contributed by atoms with Gasteiger partial charge in [-0.2, -0.15) is 0 Å². The molecule has 1 aromatic carbocycles. The van der Waals surface area contributed by atoms with Gasteiger partial charge in [0.2, 0.25) is 0 Å². The van der Waals surface area contributed by atoms with Crippen molar-refractivity contribution in [2.75, 3.05) is 26.2 Å². The molecule has 162 valence electrons. The maximum atomic E-state index is 13.0. The topological polar surface area (TPSA) is 74.4 Å². The van der Waals surface area contributed by atoms with Crippen LogP contribution >= 0.6 is 0 Å². The maximum Gasteiger partial charge on any atom is 0.355 e. The molecule has 1 aliphatic rings. The lowest BCUT2D eigenvalue weighted by Gasteiger charge is -2.33. The summed E-state index contributed by atoms with van der Waals surface area (Å²) in [6.45, 7) is 8.68. The summed E-state index contributed by atoms with van der Waals surface area (Å²) in [5, 5.41) is 3.19. The first-order chi connectivity index (χ1) is 14.5. The predicted octanol–water partition coefficient (Wildman–Crippen LogP) is 3.64. The molecule has 1 aliphatic heterocycles. The minimum Gasteiger partial charge on any atom is -0.461 e. The number of esters is 1. The summed E-state index contributed by atoms with van der Waals surface area (Å²) >= 11 is 0. The van der Waals surface area contributed by atoms with E-state index in [1.165, 1.54) is 5.56 Å². The van der Waals surface area contributed by atoms with Gasteiger partial charge in [-0.15, -0.1) is 0 Å². The summed E-state index contributed by atoms with van der Waals surface area (Å²) in [5.74, 6) is -0.535. The number of nitrogens with one attached hydrogen (secondary N) is 2. The Morgan fingerprint density at radius 1 is 1.23 bits per heavy atom. The molecule has 2 heterocycles. The van der Waals surface area contributed by atoms with Crippen molar-refractivity contribution in [2.24, 2.45) is 0 Å². The Balaban J connectivity index is 1.54. The van der Waals surface area contributed by atoms with Crippen molar-refractivity contribution < 1.29 is 14.3 Å². The third-order valence-electron chi connectivity index (χ3n) is 5.77. The molecule has 2 aromatic rings. The smallest absolute Gasteiger partial charge is 0.355 e. The SMILES string of the molecule is CCOC(=O)c1[nH]c(C)c(C(=O)N[C@@H]2CCCN(CCCc3ccccc3)C2)c1C. The number of hydrogen-bond acceptors (Lipinski definition) is 4. The molecule has 6 nitrogen and oxygen atoms in total. The van der Waals surface area contributed by atoms with Crippen molar-refractivity contribution in [1.82, 2.24) is 15.2 Å². The van der Waals surface area contributed by atoms with Gasteiger partial charge in [0.05, 0.1) is 12.2 Å². The zero-order chi connectivity index (χ0) is 21.5. The molecule has 0 radical (unpaired) electrons. The van der Waals surface area contributed by atoms with Gasteiger partial charge in [0.25, 0.3) is 5.91 Å². The molecule has 0 saturated carbocycles.